The van der Waals surface area contributed by atoms with Crippen LogP contribution in [0.3, 0.4) is 0 Å². The predicted molar refractivity (Wildman–Crippen MR) is 67.7 cm³/mol. The van der Waals surface area contributed by atoms with Crippen molar-refractivity contribution < 1.29 is 14.7 Å². The molecule has 3 rings (SSSR count). The Morgan fingerprint density at radius 2 is 2.21 bits per heavy atom. The largest absolute Gasteiger partial charge is 0.481 e. The third kappa shape index (κ3) is 2.16. The van der Waals surface area contributed by atoms with E-state index in [-0.39, 0.29) is 18.2 Å². The minimum Gasteiger partial charge on any atom is -0.481 e. The van der Waals surface area contributed by atoms with Gasteiger partial charge in [0, 0.05) is 24.6 Å². The quantitative estimate of drug-likeness (QED) is 0.864. The maximum Gasteiger partial charge on any atom is 0.303 e. The topological polar surface area (TPSA) is 86.3 Å². The molecule has 1 amide bonds. The Bertz CT molecular complexity index is 643. The number of nitrogens with zero attached hydrogens (tertiary/aromatic N) is 2. The van der Waals surface area contributed by atoms with Crippen LogP contribution in [0.2, 0.25) is 0 Å². The number of likely N-dealkylation sites (tertiary alicyclic amines) is 1. The summed E-state index contributed by atoms with van der Waals surface area (Å²) < 4.78 is 0. The highest BCUT2D eigenvalue weighted by Crippen LogP contribution is 2.22. The van der Waals surface area contributed by atoms with Gasteiger partial charge in [0.2, 0.25) is 0 Å². The van der Waals surface area contributed by atoms with Gasteiger partial charge in [-0.05, 0) is 18.2 Å². The second-order valence-electron chi connectivity index (χ2n) is 4.81. The lowest BCUT2D eigenvalue weighted by Gasteiger charge is -2.38. The van der Waals surface area contributed by atoms with Gasteiger partial charge in [-0.2, -0.15) is 0 Å². The number of carboxylic acid groups (broad SMARTS) is 1. The van der Waals surface area contributed by atoms with E-state index in [4.69, 9.17) is 5.11 Å². The van der Waals surface area contributed by atoms with Crippen molar-refractivity contribution in [3.8, 4) is 0 Å². The Hall–Kier alpha value is -2.37. The van der Waals surface area contributed by atoms with E-state index < -0.39 is 5.97 Å². The van der Waals surface area contributed by atoms with Crippen molar-refractivity contribution in [1.29, 1.82) is 0 Å². The highest BCUT2D eigenvalue weighted by Gasteiger charge is 2.32. The normalized spacial score (nSPS) is 15.5. The molecule has 1 aromatic carbocycles. The molecule has 1 aliphatic heterocycles. The number of carboxylic acids is 1. The second-order valence-corrected chi connectivity index (χ2v) is 4.81. The molecule has 2 aromatic rings. The Labute approximate surface area is 109 Å². The zero-order valence-corrected chi connectivity index (χ0v) is 10.2. The van der Waals surface area contributed by atoms with Crippen molar-refractivity contribution in [2.24, 2.45) is 5.92 Å². The van der Waals surface area contributed by atoms with E-state index in [9.17, 15) is 9.59 Å². The number of nitrogens with one attached hydrogen (secondary N) is 1. The number of aliphatic carboxylic acids is 1. The van der Waals surface area contributed by atoms with E-state index >= 15 is 0 Å². The van der Waals surface area contributed by atoms with Crippen molar-refractivity contribution in [1.82, 2.24) is 14.9 Å². The molecule has 0 bridgehead atoms. The number of fused-ring (bicyclic) bond motifs is 1. The Kier molecular flexibility index (Phi) is 2.70. The first-order valence-electron chi connectivity index (χ1n) is 6.07. The number of aromatic nitrogens is 2. The summed E-state index contributed by atoms with van der Waals surface area (Å²) in [6, 6.07) is 5.32. The maximum atomic E-state index is 12.2. The molecule has 0 radical (unpaired) electrons. The number of aromatic amines is 1. The molecule has 1 aromatic heterocycles. The molecular weight excluding hydrogens is 246 g/mol. The molecule has 1 saturated heterocycles. The smallest absolute Gasteiger partial charge is 0.303 e. The van der Waals surface area contributed by atoms with E-state index in [2.05, 4.69) is 9.97 Å². The highest BCUT2D eigenvalue weighted by atomic mass is 16.4. The van der Waals surface area contributed by atoms with Gasteiger partial charge < -0.3 is 15.0 Å². The molecule has 2 N–H and O–H groups in total. The first kappa shape index (κ1) is 11.7. The van der Waals surface area contributed by atoms with Crippen LogP contribution in [0, 0.1) is 5.92 Å². The third-order valence-corrected chi connectivity index (χ3v) is 3.37. The molecule has 2 heterocycles. The summed E-state index contributed by atoms with van der Waals surface area (Å²) in [5, 5.41) is 8.67. The number of rotatable bonds is 3. The zero-order valence-electron chi connectivity index (χ0n) is 10.2. The first-order valence-corrected chi connectivity index (χ1v) is 6.07. The predicted octanol–water partition coefficient (Wildman–Crippen LogP) is 1.11. The summed E-state index contributed by atoms with van der Waals surface area (Å²) in [6.07, 6.45) is 1.72. The highest BCUT2D eigenvalue weighted by molar-refractivity contribution is 5.97. The maximum absolute atomic E-state index is 12.2. The van der Waals surface area contributed by atoms with Gasteiger partial charge in [-0.25, -0.2) is 4.98 Å². The van der Waals surface area contributed by atoms with Crippen molar-refractivity contribution in [2.75, 3.05) is 13.1 Å². The molecule has 1 fully saturated rings. The standard InChI is InChI=1S/C13H13N3O3/c17-12(18)3-8-5-16(6-8)13(19)9-1-2-10-11(4-9)15-7-14-10/h1-2,4,7-8H,3,5-6H2,(H,14,15)(H,17,18). The Morgan fingerprint density at radius 1 is 1.42 bits per heavy atom. The van der Waals surface area contributed by atoms with Crippen LogP contribution in [0.1, 0.15) is 16.8 Å². The van der Waals surface area contributed by atoms with E-state index in [1.54, 1.807) is 29.4 Å². The van der Waals surface area contributed by atoms with Gasteiger partial charge in [0.1, 0.15) is 0 Å². The van der Waals surface area contributed by atoms with Crippen LogP contribution in [-0.4, -0.2) is 44.9 Å². The van der Waals surface area contributed by atoms with E-state index in [1.807, 2.05) is 0 Å². The van der Waals surface area contributed by atoms with Gasteiger partial charge in [0.15, 0.2) is 0 Å². The zero-order chi connectivity index (χ0) is 13.4. The summed E-state index contributed by atoms with van der Waals surface area (Å²) in [5.41, 5.74) is 2.25. The van der Waals surface area contributed by atoms with Crippen molar-refractivity contribution in [2.45, 2.75) is 6.42 Å². The molecule has 0 unspecified atom stereocenters. The minimum atomic E-state index is -0.809. The van der Waals surface area contributed by atoms with Gasteiger partial charge in [0.25, 0.3) is 5.91 Å². The summed E-state index contributed by atoms with van der Waals surface area (Å²) in [5.74, 6) is -0.786. The fourth-order valence-electron chi connectivity index (χ4n) is 2.36. The van der Waals surface area contributed by atoms with E-state index in [0.29, 0.717) is 18.7 Å². The SMILES string of the molecule is O=C(O)CC1CN(C(=O)c2ccc3nc[nH]c3c2)C1. The molecule has 1 aliphatic rings. The van der Waals surface area contributed by atoms with Crippen molar-refractivity contribution in [3.63, 3.8) is 0 Å². The number of benzene rings is 1. The van der Waals surface area contributed by atoms with Gasteiger partial charge in [-0.3, -0.25) is 9.59 Å². The monoisotopic (exact) mass is 259 g/mol. The van der Waals surface area contributed by atoms with Gasteiger partial charge >= 0.3 is 5.97 Å². The Balaban J connectivity index is 1.69. The van der Waals surface area contributed by atoms with Gasteiger partial charge in [-0.1, -0.05) is 0 Å². The number of amides is 1. The fourth-order valence-corrected chi connectivity index (χ4v) is 2.36. The number of H-pyrrole nitrogens is 1. The number of hydrogen-bond donors (Lipinski definition) is 2. The van der Waals surface area contributed by atoms with E-state index in [0.717, 1.165) is 11.0 Å². The lowest BCUT2D eigenvalue weighted by Crippen LogP contribution is -2.50. The van der Waals surface area contributed by atoms with E-state index in [1.165, 1.54) is 0 Å². The molecule has 0 spiro atoms. The summed E-state index contributed by atoms with van der Waals surface area (Å²) >= 11 is 0. The van der Waals surface area contributed by atoms with Gasteiger partial charge in [-0.15, -0.1) is 0 Å². The first-order chi connectivity index (χ1) is 9.13. The average Bonchev–Trinajstić information content (AvgIpc) is 2.79. The van der Waals surface area contributed by atoms with Crippen LogP contribution >= 0.6 is 0 Å². The average molecular weight is 259 g/mol. The van der Waals surface area contributed by atoms with Crippen LogP contribution < -0.4 is 0 Å². The molecule has 0 aliphatic carbocycles. The number of carbonyl (C=O) groups is 2. The molecule has 6 nitrogen and oxygen atoms in total. The number of hydrogen-bond acceptors (Lipinski definition) is 3. The van der Waals surface area contributed by atoms with Crippen LogP contribution in [0.25, 0.3) is 11.0 Å². The lowest BCUT2D eigenvalue weighted by atomic mass is 9.95. The number of carbonyl (C=O) groups excluding carboxylic acids is 1. The van der Waals surface area contributed by atoms with Gasteiger partial charge in [0.05, 0.1) is 23.8 Å². The fraction of sp³-hybridized carbons (Fsp3) is 0.308. The molecule has 0 atom stereocenters. The summed E-state index contributed by atoms with van der Waals surface area (Å²) in [4.78, 5) is 31.5. The van der Waals surface area contributed by atoms with Crippen LogP contribution in [0.15, 0.2) is 24.5 Å². The van der Waals surface area contributed by atoms with Crippen molar-refractivity contribution in [3.05, 3.63) is 30.1 Å². The molecular formula is C13H13N3O3. The Morgan fingerprint density at radius 3 is 2.95 bits per heavy atom. The lowest BCUT2D eigenvalue weighted by molar-refractivity contribution is -0.139. The number of imidazole rings is 1. The molecule has 19 heavy (non-hydrogen) atoms. The van der Waals surface area contributed by atoms with Crippen LogP contribution in [0.4, 0.5) is 0 Å². The van der Waals surface area contributed by atoms with Crippen molar-refractivity contribution >= 4 is 22.9 Å². The minimum absolute atomic E-state index is 0.0573. The summed E-state index contributed by atoms with van der Waals surface area (Å²) in [6.45, 7) is 1.04. The molecule has 98 valence electrons. The molecule has 0 saturated carbocycles. The van der Waals surface area contributed by atoms with Crippen LogP contribution in [0.5, 0.6) is 0 Å². The summed E-state index contributed by atoms with van der Waals surface area (Å²) in [7, 11) is 0. The second kappa shape index (κ2) is 4.38. The molecule has 6 heteroatoms. The third-order valence-electron chi connectivity index (χ3n) is 3.37. The van der Waals surface area contributed by atoms with Crippen LogP contribution in [-0.2, 0) is 4.79 Å².